The Hall–Kier alpha value is -2.59. The van der Waals surface area contributed by atoms with Crippen LogP contribution in [0.2, 0.25) is 5.02 Å². The molecule has 0 spiro atoms. The van der Waals surface area contributed by atoms with E-state index < -0.39 is 5.97 Å². The molecule has 2 aromatic carbocycles. The lowest BCUT2D eigenvalue weighted by Gasteiger charge is -2.11. The number of benzene rings is 2. The molecular weight excluding hydrogens is 338 g/mol. The van der Waals surface area contributed by atoms with Crippen LogP contribution in [0.15, 0.2) is 42.5 Å². The fraction of sp³-hybridized carbons (Fsp3) is 0.200. The van der Waals surface area contributed by atoms with Crippen molar-refractivity contribution in [2.75, 3.05) is 7.11 Å². The van der Waals surface area contributed by atoms with Gasteiger partial charge < -0.3 is 9.30 Å². The van der Waals surface area contributed by atoms with Gasteiger partial charge in [-0.15, -0.1) is 0 Å². The van der Waals surface area contributed by atoms with E-state index >= 15 is 0 Å². The first-order valence-corrected chi connectivity index (χ1v) is 8.27. The topological polar surface area (TPSA) is 48.3 Å². The van der Waals surface area contributed by atoms with Crippen molar-refractivity contribution in [1.82, 2.24) is 4.57 Å². The number of rotatable bonds is 4. The van der Waals surface area contributed by atoms with Gasteiger partial charge in [0.15, 0.2) is 5.78 Å². The van der Waals surface area contributed by atoms with Crippen molar-refractivity contribution in [3.63, 3.8) is 0 Å². The van der Waals surface area contributed by atoms with Gasteiger partial charge in [-0.2, -0.15) is 0 Å². The number of ketones is 1. The summed E-state index contributed by atoms with van der Waals surface area (Å²) >= 11 is 6.30. The minimum absolute atomic E-state index is 0.00812. The van der Waals surface area contributed by atoms with Crippen LogP contribution in [0.25, 0.3) is 10.9 Å². The van der Waals surface area contributed by atoms with Gasteiger partial charge in [0.05, 0.1) is 18.2 Å². The van der Waals surface area contributed by atoms with E-state index in [0.29, 0.717) is 22.7 Å². The third kappa shape index (κ3) is 3.05. The number of nitrogens with zero attached hydrogens (tertiary/aromatic N) is 1. The third-order valence-electron chi connectivity index (χ3n) is 4.38. The second-order valence-electron chi connectivity index (χ2n) is 5.92. The van der Waals surface area contributed by atoms with Gasteiger partial charge >= 0.3 is 5.97 Å². The highest BCUT2D eigenvalue weighted by Crippen LogP contribution is 2.29. The van der Waals surface area contributed by atoms with Gasteiger partial charge in [0, 0.05) is 28.2 Å². The summed E-state index contributed by atoms with van der Waals surface area (Å²) in [6.45, 7) is 3.97. The van der Waals surface area contributed by atoms with Crippen LogP contribution in [-0.2, 0) is 11.3 Å². The first-order valence-electron chi connectivity index (χ1n) is 7.89. The number of halogens is 1. The fourth-order valence-corrected chi connectivity index (χ4v) is 3.36. The molecule has 4 nitrogen and oxygen atoms in total. The smallest absolute Gasteiger partial charge is 0.337 e. The standard InChI is InChI=1S/C20H18ClNO3/c1-12-19(13(2)23)16-9-8-14(20(24)25-3)10-18(16)22(12)11-15-6-4-5-7-17(15)21/h4-10H,11H2,1-3H3. The van der Waals surface area contributed by atoms with Gasteiger partial charge in [-0.05, 0) is 37.6 Å². The van der Waals surface area contributed by atoms with Crippen molar-refractivity contribution in [3.05, 3.63) is 69.9 Å². The number of aromatic nitrogens is 1. The van der Waals surface area contributed by atoms with Gasteiger partial charge in [-0.1, -0.05) is 35.9 Å². The van der Waals surface area contributed by atoms with Crippen molar-refractivity contribution in [3.8, 4) is 0 Å². The zero-order chi connectivity index (χ0) is 18.1. The molecule has 0 radical (unpaired) electrons. The Balaban J connectivity index is 2.25. The Kier molecular flexibility index (Phi) is 4.64. The number of carbonyl (C=O) groups is 2. The molecule has 0 unspecified atom stereocenters. The van der Waals surface area contributed by atoms with E-state index in [1.54, 1.807) is 25.1 Å². The molecule has 0 bridgehead atoms. The maximum Gasteiger partial charge on any atom is 0.337 e. The lowest BCUT2D eigenvalue weighted by molar-refractivity contribution is 0.0600. The van der Waals surface area contributed by atoms with Gasteiger partial charge in [0.1, 0.15) is 0 Å². The van der Waals surface area contributed by atoms with Crippen molar-refractivity contribution < 1.29 is 14.3 Å². The largest absolute Gasteiger partial charge is 0.465 e. The predicted octanol–water partition coefficient (Wildman–Crippen LogP) is 4.64. The van der Waals surface area contributed by atoms with Crippen LogP contribution >= 0.6 is 11.6 Å². The predicted molar refractivity (Wildman–Crippen MR) is 98.6 cm³/mol. The molecule has 5 heteroatoms. The molecule has 3 aromatic rings. The number of fused-ring (bicyclic) bond motifs is 1. The Morgan fingerprint density at radius 2 is 1.88 bits per heavy atom. The molecule has 128 valence electrons. The summed E-state index contributed by atoms with van der Waals surface area (Å²) in [6.07, 6.45) is 0. The molecule has 1 aromatic heterocycles. The quantitative estimate of drug-likeness (QED) is 0.506. The fourth-order valence-electron chi connectivity index (χ4n) is 3.17. The summed E-state index contributed by atoms with van der Waals surface area (Å²) in [6, 6.07) is 12.8. The number of hydrogen-bond donors (Lipinski definition) is 0. The number of carbonyl (C=O) groups excluding carboxylic acids is 2. The second-order valence-corrected chi connectivity index (χ2v) is 6.32. The van der Waals surface area contributed by atoms with Crippen LogP contribution in [0.1, 0.15) is 38.9 Å². The maximum absolute atomic E-state index is 12.2. The first kappa shape index (κ1) is 17.2. The van der Waals surface area contributed by atoms with Crippen molar-refractivity contribution in [2.24, 2.45) is 0 Å². The van der Waals surface area contributed by atoms with E-state index in [-0.39, 0.29) is 5.78 Å². The molecular formula is C20H18ClNO3. The van der Waals surface area contributed by atoms with E-state index in [0.717, 1.165) is 22.2 Å². The number of Topliss-reactive ketones (excluding diaryl/α,β-unsaturated/α-hetero) is 1. The average molecular weight is 356 g/mol. The molecule has 0 saturated carbocycles. The number of methoxy groups -OCH3 is 1. The number of hydrogen-bond acceptors (Lipinski definition) is 3. The van der Waals surface area contributed by atoms with Crippen molar-refractivity contribution >= 4 is 34.3 Å². The molecule has 25 heavy (non-hydrogen) atoms. The Labute approximate surface area is 151 Å². The molecule has 1 heterocycles. The van der Waals surface area contributed by atoms with Crippen LogP contribution in [0.3, 0.4) is 0 Å². The van der Waals surface area contributed by atoms with Crippen LogP contribution in [0, 0.1) is 6.92 Å². The van der Waals surface area contributed by atoms with Gasteiger partial charge in [0.2, 0.25) is 0 Å². The summed E-state index contributed by atoms with van der Waals surface area (Å²) in [5, 5.41) is 1.49. The SMILES string of the molecule is COC(=O)c1ccc2c(C(C)=O)c(C)n(Cc3ccccc3Cl)c2c1. The highest BCUT2D eigenvalue weighted by molar-refractivity contribution is 6.31. The lowest BCUT2D eigenvalue weighted by atomic mass is 10.1. The normalized spacial score (nSPS) is 10.9. The van der Waals surface area contributed by atoms with Crippen molar-refractivity contribution in [2.45, 2.75) is 20.4 Å². The molecule has 0 fully saturated rings. The molecule has 0 aliphatic rings. The monoisotopic (exact) mass is 355 g/mol. The minimum atomic E-state index is -0.408. The zero-order valence-electron chi connectivity index (χ0n) is 14.3. The summed E-state index contributed by atoms with van der Waals surface area (Å²) < 4.78 is 6.82. The third-order valence-corrected chi connectivity index (χ3v) is 4.75. The molecule has 0 amide bonds. The molecule has 0 saturated heterocycles. The highest BCUT2D eigenvalue weighted by Gasteiger charge is 2.19. The average Bonchev–Trinajstić information content (AvgIpc) is 2.87. The van der Waals surface area contributed by atoms with E-state index in [2.05, 4.69) is 0 Å². The van der Waals surface area contributed by atoms with Gasteiger partial charge in [-0.25, -0.2) is 4.79 Å². The van der Waals surface area contributed by atoms with E-state index in [9.17, 15) is 9.59 Å². The van der Waals surface area contributed by atoms with E-state index in [1.165, 1.54) is 7.11 Å². The summed E-state index contributed by atoms with van der Waals surface area (Å²) in [4.78, 5) is 24.0. The summed E-state index contributed by atoms with van der Waals surface area (Å²) in [5.41, 5.74) is 3.72. The molecule has 0 atom stereocenters. The maximum atomic E-state index is 12.2. The Morgan fingerprint density at radius 1 is 1.16 bits per heavy atom. The van der Waals surface area contributed by atoms with Crippen LogP contribution in [0.5, 0.6) is 0 Å². The van der Waals surface area contributed by atoms with Crippen LogP contribution < -0.4 is 0 Å². The number of ether oxygens (including phenoxy) is 1. The molecule has 0 aliphatic heterocycles. The van der Waals surface area contributed by atoms with E-state index in [4.69, 9.17) is 16.3 Å². The Bertz CT molecular complexity index is 988. The van der Waals surface area contributed by atoms with Gasteiger partial charge in [0.25, 0.3) is 0 Å². The Morgan fingerprint density at radius 3 is 2.52 bits per heavy atom. The molecule has 0 aliphatic carbocycles. The highest BCUT2D eigenvalue weighted by atomic mass is 35.5. The molecule has 0 N–H and O–H groups in total. The summed E-state index contributed by atoms with van der Waals surface area (Å²) in [7, 11) is 1.35. The number of esters is 1. The van der Waals surface area contributed by atoms with Crippen LogP contribution in [0.4, 0.5) is 0 Å². The lowest BCUT2D eigenvalue weighted by Crippen LogP contribution is -2.05. The van der Waals surface area contributed by atoms with Crippen molar-refractivity contribution in [1.29, 1.82) is 0 Å². The minimum Gasteiger partial charge on any atom is -0.465 e. The zero-order valence-corrected chi connectivity index (χ0v) is 15.1. The summed E-state index contributed by atoms with van der Waals surface area (Å²) in [5.74, 6) is -0.416. The van der Waals surface area contributed by atoms with Gasteiger partial charge in [-0.3, -0.25) is 4.79 Å². The second kappa shape index (κ2) is 6.73. The molecule has 3 rings (SSSR count). The van der Waals surface area contributed by atoms with Crippen LogP contribution in [-0.4, -0.2) is 23.4 Å². The van der Waals surface area contributed by atoms with E-state index in [1.807, 2.05) is 35.8 Å². The first-order chi connectivity index (χ1) is 11.9.